The Kier molecular flexibility index (Phi) is 3.40. The molecule has 0 unspecified atom stereocenters. The van der Waals surface area contributed by atoms with Gasteiger partial charge in [0.25, 0.3) is 11.8 Å². The van der Waals surface area contributed by atoms with Gasteiger partial charge in [0, 0.05) is 16.6 Å². The Morgan fingerprint density at radius 1 is 0.963 bits per heavy atom. The molecule has 0 radical (unpaired) electrons. The second kappa shape index (κ2) is 5.81. The minimum atomic E-state index is -0.725. The van der Waals surface area contributed by atoms with Gasteiger partial charge in [-0.05, 0) is 61.6 Å². The van der Waals surface area contributed by atoms with E-state index in [1.54, 1.807) is 36.4 Å². The van der Waals surface area contributed by atoms with Crippen LogP contribution in [-0.4, -0.2) is 27.8 Å². The number of carbonyl (C=O) groups excluding carboxylic acids is 3. The van der Waals surface area contributed by atoms with Gasteiger partial charge in [-0.15, -0.1) is 0 Å². The van der Waals surface area contributed by atoms with Gasteiger partial charge in [-0.3, -0.25) is 9.59 Å². The van der Waals surface area contributed by atoms with E-state index in [0.29, 0.717) is 10.6 Å². The van der Waals surface area contributed by atoms with Crippen molar-refractivity contribution in [1.29, 1.82) is 0 Å². The molecule has 0 atom stereocenters. The Morgan fingerprint density at radius 2 is 1.67 bits per heavy atom. The van der Waals surface area contributed by atoms with Crippen LogP contribution in [0.3, 0.4) is 0 Å². The molecule has 1 aromatic heterocycles. The van der Waals surface area contributed by atoms with Gasteiger partial charge in [-0.1, -0.05) is 17.2 Å². The normalized spacial score (nSPS) is 15.8. The summed E-state index contributed by atoms with van der Waals surface area (Å²) in [5, 5.41) is 1.55. The molecular formula is C21H16N2O4. The van der Waals surface area contributed by atoms with Gasteiger partial charge in [-0.2, -0.15) is 0 Å². The number of hydrogen-bond donors (Lipinski definition) is 1. The molecule has 0 bridgehead atoms. The van der Waals surface area contributed by atoms with Crippen LogP contribution < -0.4 is 0 Å². The average molecular weight is 360 g/mol. The maximum absolute atomic E-state index is 12.6. The Labute approximate surface area is 154 Å². The lowest BCUT2D eigenvalue weighted by Crippen LogP contribution is -2.32. The number of aromatic nitrogens is 1. The lowest BCUT2D eigenvalue weighted by atomic mass is 9.95. The van der Waals surface area contributed by atoms with E-state index < -0.39 is 17.8 Å². The first-order chi connectivity index (χ1) is 13.1. The van der Waals surface area contributed by atoms with Crippen molar-refractivity contribution in [1.82, 2.24) is 10.0 Å². The van der Waals surface area contributed by atoms with E-state index in [0.717, 1.165) is 36.6 Å². The molecule has 3 aromatic rings. The predicted octanol–water partition coefficient (Wildman–Crippen LogP) is 3.41. The molecule has 1 aliphatic heterocycles. The summed E-state index contributed by atoms with van der Waals surface area (Å²) in [4.78, 5) is 45.9. The third-order valence-electron chi connectivity index (χ3n) is 5.26. The van der Waals surface area contributed by atoms with Gasteiger partial charge in [0.2, 0.25) is 0 Å². The zero-order chi connectivity index (χ0) is 18.5. The minimum absolute atomic E-state index is 0.241. The van der Waals surface area contributed by atoms with Crippen LogP contribution in [0.15, 0.2) is 42.5 Å². The molecule has 2 amide bonds. The summed E-state index contributed by atoms with van der Waals surface area (Å²) >= 11 is 0. The van der Waals surface area contributed by atoms with Crippen molar-refractivity contribution < 1.29 is 19.2 Å². The van der Waals surface area contributed by atoms with Gasteiger partial charge in [-0.25, -0.2) is 4.79 Å². The Balaban J connectivity index is 1.45. The number of rotatable bonds is 2. The maximum atomic E-state index is 12.6. The van der Waals surface area contributed by atoms with E-state index in [4.69, 9.17) is 4.84 Å². The van der Waals surface area contributed by atoms with Crippen molar-refractivity contribution in [3.05, 3.63) is 70.4 Å². The molecule has 0 spiro atoms. The van der Waals surface area contributed by atoms with Crippen molar-refractivity contribution >= 4 is 28.7 Å². The van der Waals surface area contributed by atoms with E-state index >= 15 is 0 Å². The number of hydrogen-bond acceptors (Lipinski definition) is 4. The van der Waals surface area contributed by atoms with E-state index in [1.165, 1.54) is 11.3 Å². The Morgan fingerprint density at radius 3 is 2.41 bits per heavy atom. The first-order valence-corrected chi connectivity index (χ1v) is 8.97. The van der Waals surface area contributed by atoms with Gasteiger partial charge >= 0.3 is 5.97 Å². The monoisotopic (exact) mass is 360 g/mol. The number of nitrogens with zero attached hydrogens (tertiary/aromatic N) is 1. The summed E-state index contributed by atoms with van der Waals surface area (Å²) in [6.07, 6.45) is 4.28. The Hall–Kier alpha value is -3.41. The smallest absolute Gasteiger partial charge is 0.358 e. The lowest BCUT2D eigenvalue weighted by Gasteiger charge is -2.13. The summed E-state index contributed by atoms with van der Waals surface area (Å²) in [6.45, 7) is 0. The van der Waals surface area contributed by atoms with E-state index in [9.17, 15) is 14.4 Å². The van der Waals surface area contributed by atoms with E-state index in [-0.39, 0.29) is 11.1 Å². The third kappa shape index (κ3) is 2.37. The Bertz CT molecular complexity index is 1090. The van der Waals surface area contributed by atoms with Crippen molar-refractivity contribution in [3.8, 4) is 0 Å². The van der Waals surface area contributed by atoms with Crippen LogP contribution in [0.2, 0.25) is 0 Å². The van der Waals surface area contributed by atoms with Gasteiger partial charge < -0.3 is 9.82 Å². The number of aryl methyl sites for hydroxylation is 2. The molecule has 6 nitrogen and oxygen atoms in total. The second-order valence-electron chi connectivity index (χ2n) is 6.88. The molecular weight excluding hydrogens is 344 g/mol. The van der Waals surface area contributed by atoms with Crippen molar-refractivity contribution in [2.45, 2.75) is 25.7 Å². The molecule has 134 valence electrons. The quantitative estimate of drug-likeness (QED) is 0.710. The van der Waals surface area contributed by atoms with Gasteiger partial charge in [0.05, 0.1) is 16.7 Å². The number of nitrogens with one attached hydrogen (secondary N) is 1. The largest absolute Gasteiger partial charge is 0.363 e. The maximum Gasteiger partial charge on any atom is 0.363 e. The molecule has 0 saturated carbocycles. The number of imide groups is 1. The number of amides is 2. The highest BCUT2D eigenvalue weighted by Gasteiger charge is 2.38. The number of benzene rings is 2. The van der Waals surface area contributed by atoms with Crippen LogP contribution in [-0.2, 0) is 17.7 Å². The molecule has 5 rings (SSSR count). The van der Waals surface area contributed by atoms with Crippen LogP contribution in [0.1, 0.15) is 55.2 Å². The van der Waals surface area contributed by atoms with Crippen molar-refractivity contribution in [2.75, 3.05) is 0 Å². The fourth-order valence-corrected chi connectivity index (χ4v) is 3.92. The number of H-pyrrole nitrogens is 1. The molecule has 1 aliphatic carbocycles. The van der Waals surface area contributed by atoms with Crippen LogP contribution >= 0.6 is 0 Å². The second-order valence-corrected chi connectivity index (χ2v) is 6.88. The molecule has 27 heavy (non-hydrogen) atoms. The summed E-state index contributed by atoms with van der Waals surface area (Å²) in [5.41, 5.74) is 4.25. The number of carbonyl (C=O) groups is 3. The minimum Gasteiger partial charge on any atom is -0.358 e. The average Bonchev–Trinajstić information content (AvgIpc) is 3.19. The molecule has 2 aromatic carbocycles. The summed E-state index contributed by atoms with van der Waals surface area (Å²) in [5.74, 6) is -1.97. The van der Waals surface area contributed by atoms with Crippen molar-refractivity contribution in [2.24, 2.45) is 0 Å². The highest BCUT2D eigenvalue weighted by Crippen LogP contribution is 2.30. The zero-order valence-electron chi connectivity index (χ0n) is 14.5. The molecule has 2 aliphatic rings. The fraction of sp³-hybridized carbons (Fsp3) is 0.190. The van der Waals surface area contributed by atoms with E-state index in [2.05, 4.69) is 4.98 Å². The fourth-order valence-electron chi connectivity index (χ4n) is 3.92. The summed E-state index contributed by atoms with van der Waals surface area (Å²) in [7, 11) is 0. The highest BCUT2D eigenvalue weighted by molar-refractivity contribution is 6.21. The molecule has 0 saturated heterocycles. The van der Waals surface area contributed by atoms with Crippen LogP contribution in [0.4, 0.5) is 0 Å². The van der Waals surface area contributed by atoms with Crippen LogP contribution in [0.5, 0.6) is 0 Å². The summed E-state index contributed by atoms with van der Waals surface area (Å²) in [6, 6.07) is 11.7. The third-order valence-corrected chi connectivity index (χ3v) is 5.26. The first kappa shape index (κ1) is 15.8. The zero-order valence-corrected chi connectivity index (χ0v) is 14.5. The first-order valence-electron chi connectivity index (χ1n) is 8.97. The van der Waals surface area contributed by atoms with Crippen LogP contribution in [0.25, 0.3) is 10.9 Å². The standard InChI is InChI=1S/C21H16N2O4/c24-19-14-6-1-2-7-15(14)20(25)23(19)27-21(26)12-9-10-18-16(11-12)13-5-3-4-8-17(13)22-18/h1-2,6-7,9-11,22H,3-5,8H2. The van der Waals surface area contributed by atoms with Crippen LogP contribution in [0, 0.1) is 0 Å². The number of aromatic amines is 1. The van der Waals surface area contributed by atoms with E-state index in [1.807, 2.05) is 6.07 Å². The van der Waals surface area contributed by atoms with Crippen molar-refractivity contribution in [3.63, 3.8) is 0 Å². The van der Waals surface area contributed by atoms with Gasteiger partial charge in [0.1, 0.15) is 0 Å². The topological polar surface area (TPSA) is 79.5 Å². The lowest BCUT2D eigenvalue weighted by molar-refractivity contribution is -0.0584. The molecule has 6 heteroatoms. The van der Waals surface area contributed by atoms with Gasteiger partial charge in [0.15, 0.2) is 0 Å². The number of hydroxylamine groups is 2. The number of fused-ring (bicyclic) bond motifs is 4. The highest BCUT2D eigenvalue weighted by atomic mass is 16.7. The molecule has 2 heterocycles. The molecule has 0 fully saturated rings. The SMILES string of the molecule is O=C(ON1C(=O)c2ccccc2C1=O)c1ccc2[nH]c3c(c2c1)CCCC3. The predicted molar refractivity (Wildman–Crippen MR) is 97.3 cm³/mol. The molecule has 1 N–H and O–H groups in total. The summed E-state index contributed by atoms with van der Waals surface area (Å²) < 4.78 is 0.